The molecule has 2 aliphatic rings. The Morgan fingerprint density at radius 3 is 2.68 bits per heavy atom. The topological polar surface area (TPSA) is 51.1 Å². The van der Waals surface area contributed by atoms with Gasteiger partial charge in [-0.15, -0.1) is 11.3 Å². The minimum Gasteiger partial charge on any atom is -0.458 e. The third kappa shape index (κ3) is 4.00. The molecule has 0 aromatic carbocycles. The van der Waals surface area contributed by atoms with Crippen LogP contribution in [0.4, 0.5) is 8.78 Å². The van der Waals surface area contributed by atoms with Crippen molar-refractivity contribution in [2.24, 2.45) is 11.1 Å². The number of piperidine rings is 1. The quantitative estimate of drug-likeness (QED) is 0.760. The van der Waals surface area contributed by atoms with Crippen molar-refractivity contribution in [3.8, 4) is 0 Å². The Kier molecular flexibility index (Phi) is 5.11. The molecule has 8 heteroatoms. The number of alkyl halides is 2. The van der Waals surface area contributed by atoms with E-state index in [0.29, 0.717) is 15.5 Å². The maximum absolute atomic E-state index is 13.5. The zero-order valence-corrected chi connectivity index (χ0v) is 15.3. The third-order valence-corrected chi connectivity index (χ3v) is 5.74. The Morgan fingerprint density at radius 2 is 2.08 bits per heavy atom. The summed E-state index contributed by atoms with van der Waals surface area (Å²) in [5.74, 6) is -3.88. The number of ether oxygens (including phenoxy) is 1. The molecule has 5 nitrogen and oxygen atoms in total. The second-order valence-corrected chi connectivity index (χ2v) is 7.90. The van der Waals surface area contributed by atoms with Crippen LogP contribution < -0.4 is 0 Å². The number of esters is 1. The summed E-state index contributed by atoms with van der Waals surface area (Å²) < 4.78 is 32.6. The van der Waals surface area contributed by atoms with E-state index in [4.69, 9.17) is 9.57 Å². The second-order valence-electron chi connectivity index (χ2n) is 6.82. The molecule has 3 rings (SSSR count). The van der Waals surface area contributed by atoms with E-state index in [1.165, 1.54) is 11.3 Å². The van der Waals surface area contributed by atoms with Crippen LogP contribution in [0.1, 0.15) is 41.2 Å². The van der Waals surface area contributed by atoms with Crippen LogP contribution in [0, 0.1) is 5.92 Å². The number of halogens is 2. The number of carbonyl (C=O) groups excluding carboxylic acids is 1. The zero-order valence-electron chi connectivity index (χ0n) is 14.5. The van der Waals surface area contributed by atoms with Crippen molar-refractivity contribution in [1.29, 1.82) is 0 Å². The molecule has 1 aromatic heterocycles. The normalized spacial score (nSPS) is 25.6. The van der Waals surface area contributed by atoms with E-state index in [0.717, 1.165) is 32.9 Å². The fourth-order valence-electron chi connectivity index (χ4n) is 3.13. The molecule has 25 heavy (non-hydrogen) atoms. The number of rotatable bonds is 4. The van der Waals surface area contributed by atoms with Crippen LogP contribution in [0.2, 0.25) is 0 Å². The zero-order chi connectivity index (χ0) is 18.2. The predicted octanol–water partition coefficient (Wildman–Crippen LogP) is 3.39. The third-order valence-electron chi connectivity index (χ3n) is 4.65. The summed E-state index contributed by atoms with van der Waals surface area (Å²) in [4.78, 5) is 20.6. The number of likely N-dealkylation sites (tertiary alicyclic amines) is 1. The Balaban J connectivity index is 1.64. The van der Waals surface area contributed by atoms with Gasteiger partial charge in [-0.05, 0) is 32.0 Å². The van der Waals surface area contributed by atoms with Gasteiger partial charge in [0.15, 0.2) is 6.10 Å². The van der Waals surface area contributed by atoms with Gasteiger partial charge in [-0.1, -0.05) is 12.1 Å². The maximum Gasteiger partial charge on any atom is 0.348 e. The van der Waals surface area contributed by atoms with Crippen LogP contribution in [-0.4, -0.2) is 54.8 Å². The maximum atomic E-state index is 13.5. The lowest BCUT2D eigenvalue weighted by atomic mass is 9.95. The van der Waals surface area contributed by atoms with Gasteiger partial charge in [0.2, 0.25) is 0 Å². The van der Waals surface area contributed by atoms with Crippen molar-refractivity contribution in [1.82, 2.24) is 4.90 Å². The van der Waals surface area contributed by atoms with Crippen molar-refractivity contribution < 1.29 is 23.1 Å². The average molecular weight is 372 g/mol. The van der Waals surface area contributed by atoms with E-state index in [9.17, 15) is 13.6 Å². The number of thiophene rings is 1. The molecule has 0 amide bonds. The molecule has 1 aromatic rings. The van der Waals surface area contributed by atoms with E-state index < -0.39 is 17.9 Å². The van der Waals surface area contributed by atoms with E-state index in [2.05, 4.69) is 10.1 Å². The van der Waals surface area contributed by atoms with Gasteiger partial charge in [0.25, 0.3) is 5.92 Å². The summed E-state index contributed by atoms with van der Waals surface area (Å²) in [6, 6.07) is 3.37. The predicted molar refractivity (Wildman–Crippen MR) is 91.4 cm³/mol. The molecular formula is C17H22F2N2O3S. The first-order valence-electron chi connectivity index (χ1n) is 8.37. The molecule has 1 fully saturated rings. The van der Waals surface area contributed by atoms with Gasteiger partial charge in [0.05, 0.1) is 4.88 Å². The molecule has 3 heterocycles. The van der Waals surface area contributed by atoms with E-state index in [1.807, 2.05) is 7.05 Å². The molecule has 0 N–H and O–H groups in total. The first-order chi connectivity index (χ1) is 11.8. The molecule has 138 valence electrons. The van der Waals surface area contributed by atoms with Crippen LogP contribution in [0.3, 0.4) is 0 Å². The standard InChI is InChI=1S/C17H22F2N2O3S/c1-10-14(20-24-15(10)17(2,18)19)12-4-5-13(25-12)16(22)23-11-6-8-21(3)9-7-11/h4-5,10-11,15H,6-9H2,1-3H3. The first-order valence-corrected chi connectivity index (χ1v) is 9.18. The summed E-state index contributed by atoms with van der Waals surface area (Å²) in [5, 5.41) is 3.82. The summed E-state index contributed by atoms with van der Waals surface area (Å²) in [5.41, 5.74) is 0.454. The van der Waals surface area contributed by atoms with Crippen molar-refractivity contribution in [3.63, 3.8) is 0 Å². The van der Waals surface area contributed by atoms with Gasteiger partial charge >= 0.3 is 5.97 Å². The van der Waals surface area contributed by atoms with Gasteiger partial charge < -0.3 is 14.5 Å². The van der Waals surface area contributed by atoms with Gasteiger partial charge in [-0.2, -0.15) is 0 Å². The Bertz CT molecular complexity index is 663. The van der Waals surface area contributed by atoms with Crippen molar-refractivity contribution in [3.05, 3.63) is 21.9 Å². The molecule has 0 radical (unpaired) electrons. The highest BCUT2D eigenvalue weighted by Crippen LogP contribution is 2.35. The highest BCUT2D eigenvalue weighted by molar-refractivity contribution is 7.16. The molecule has 0 saturated carbocycles. The fourth-order valence-corrected chi connectivity index (χ4v) is 4.10. The Morgan fingerprint density at radius 1 is 1.40 bits per heavy atom. The number of hydrogen-bond donors (Lipinski definition) is 0. The SMILES string of the molecule is CC1C(c2ccc(C(=O)OC3CCN(C)CC3)s2)=NOC1C(C)(F)F. The lowest BCUT2D eigenvalue weighted by Crippen LogP contribution is -2.36. The van der Waals surface area contributed by atoms with Crippen LogP contribution in [0.25, 0.3) is 0 Å². The molecule has 0 aliphatic carbocycles. The first kappa shape index (κ1) is 18.3. The molecular weight excluding hydrogens is 350 g/mol. The van der Waals surface area contributed by atoms with Crippen LogP contribution in [0.5, 0.6) is 0 Å². The molecule has 2 unspecified atom stereocenters. The minimum absolute atomic E-state index is 0.0662. The average Bonchev–Trinajstić information content (AvgIpc) is 3.15. The number of oxime groups is 1. The van der Waals surface area contributed by atoms with E-state index >= 15 is 0 Å². The summed E-state index contributed by atoms with van der Waals surface area (Å²) in [6.07, 6.45) is 0.305. The highest BCUT2D eigenvalue weighted by Gasteiger charge is 2.46. The van der Waals surface area contributed by atoms with Gasteiger partial charge in [0.1, 0.15) is 16.7 Å². The van der Waals surface area contributed by atoms with Crippen LogP contribution in [-0.2, 0) is 9.57 Å². The highest BCUT2D eigenvalue weighted by atomic mass is 32.1. The van der Waals surface area contributed by atoms with E-state index in [-0.39, 0.29) is 12.1 Å². The summed E-state index contributed by atoms with van der Waals surface area (Å²) in [6.45, 7) is 4.30. The van der Waals surface area contributed by atoms with Gasteiger partial charge in [-0.3, -0.25) is 0 Å². The Labute approximate surface area is 149 Å². The van der Waals surface area contributed by atoms with Gasteiger partial charge in [-0.25, -0.2) is 13.6 Å². The summed E-state index contributed by atoms with van der Waals surface area (Å²) in [7, 11) is 2.04. The largest absolute Gasteiger partial charge is 0.458 e. The van der Waals surface area contributed by atoms with Crippen molar-refractivity contribution in [2.75, 3.05) is 20.1 Å². The van der Waals surface area contributed by atoms with Crippen LogP contribution >= 0.6 is 11.3 Å². The number of carbonyl (C=O) groups is 1. The fraction of sp³-hybridized carbons (Fsp3) is 0.647. The number of hydrogen-bond acceptors (Lipinski definition) is 6. The van der Waals surface area contributed by atoms with Gasteiger partial charge in [0, 0.05) is 25.9 Å². The van der Waals surface area contributed by atoms with Crippen LogP contribution in [0.15, 0.2) is 17.3 Å². The smallest absolute Gasteiger partial charge is 0.348 e. The molecule has 0 spiro atoms. The Hall–Kier alpha value is -1.54. The molecule has 2 atom stereocenters. The monoisotopic (exact) mass is 372 g/mol. The molecule has 0 bridgehead atoms. The van der Waals surface area contributed by atoms with E-state index in [1.54, 1.807) is 19.1 Å². The lowest BCUT2D eigenvalue weighted by molar-refractivity contribution is -0.124. The van der Waals surface area contributed by atoms with Crippen molar-refractivity contribution >= 4 is 23.0 Å². The second kappa shape index (κ2) is 6.99. The lowest BCUT2D eigenvalue weighted by Gasteiger charge is -2.28. The van der Waals surface area contributed by atoms with Crippen molar-refractivity contribution in [2.45, 2.75) is 44.8 Å². The molecule has 2 aliphatic heterocycles. The molecule has 1 saturated heterocycles. The minimum atomic E-state index is -2.97. The number of nitrogens with zero attached hydrogens (tertiary/aromatic N) is 2. The summed E-state index contributed by atoms with van der Waals surface area (Å²) >= 11 is 1.20.